The molecular weight excluding hydrogens is 343 g/mol. The van der Waals surface area contributed by atoms with E-state index in [1.807, 2.05) is 42.5 Å². The highest BCUT2D eigenvalue weighted by Gasteiger charge is 2.32. The summed E-state index contributed by atoms with van der Waals surface area (Å²) in [7, 11) is 0. The Morgan fingerprint density at radius 2 is 1.88 bits per heavy atom. The summed E-state index contributed by atoms with van der Waals surface area (Å²) < 4.78 is 0. The first-order valence-corrected chi connectivity index (χ1v) is 8.95. The molecule has 0 bridgehead atoms. The van der Waals surface area contributed by atoms with Crippen molar-refractivity contribution in [2.45, 2.75) is 37.9 Å². The maximum atomic E-state index is 12.7. The number of nitrogens with one attached hydrogen (secondary N) is 1. The lowest BCUT2D eigenvalue weighted by atomic mass is 10.0. The summed E-state index contributed by atoms with van der Waals surface area (Å²) in [5.41, 5.74) is 1.97. The van der Waals surface area contributed by atoms with E-state index in [1.165, 1.54) is 0 Å². The predicted molar refractivity (Wildman–Crippen MR) is 97.2 cm³/mol. The third-order valence-electron chi connectivity index (χ3n) is 4.30. The molecule has 3 N–H and O–H groups in total. The largest absolute Gasteiger partial charge is 0.348 e. The van der Waals surface area contributed by atoms with Crippen molar-refractivity contribution in [1.82, 2.24) is 5.32 Å². The van der Waals surface area contributed by atoms with Crippen LogP contribution in [-0.2, 0) is 4.79 Å². The number of hydrogen-bond donors (Lipinski definition) is 2. The van der Waals surface area contributed by atoms with Gasteiger partial charge in [0.1, 0.15) is 6.04 Å². The molecule has 0 unspecified atom stereocenters. The summed E-state index contributed by atoms with van der Waals surface area (Å²) in [4.78, 5) is 12.7. The minimum Gasteiger partial charge on any atom is -0.348 e. The second-order valence-electron chi connectivity index (χ2n) is 6.32. The first kappa shape index (κ1) is 17.3. The Morgan fingerprint density at radius 3 is 2.50 bits per heavy atom. The van der Waals surface area contributed by atoms with E-state index in [2.05, 4.69) is 17.6 Å². The molecule has 24 heavy (non-hydrogen) atoms. The first-order chi connectivity index (χ1) is 11.5. The predicted octanol–water partition coefficient (Wildman–Crippen LogP) is 3.64. The van der Waals surface area contributed by atoms with E-state index in [4.69, 9.17) is 23.2 Å². The minimum absolute atomic E-state index is 0.0323. The smallest absolute Gasteiger partial charge is 0.283 e. The number of nitrogens with two attached hydrogens (primary N) is 1. The van der Waals surface area contributed by atoms with Gasteiger partial charge in [-0.2, -0.15) is 0 Å². The number of amides is 1. The normalized spacial score (nSPS) is 16.5. The highest BCUT2D eigenvalue weighted by molar-refractivity contribution is 6.35. The Bertz CT molecular complexity index is 717. The molecule has 126 valence electrons. The van der Waals surface area contributed by atoms with E-state index in [1.54, 1.807) is 6.07 Å². The van der Waals surface area contributed by atoms with Crippen molar-refractivity contribution >= 4 is 29.1 Å². The van der Waals surface area contributed by atoms with Crippen LogP contribution in [0.4, 0.5) is 0 Å². The van der Waals surface area contributed by atoms with Gasteiger partial charge in [-0.25, -0.2) is 0 Å². The molecular formula is C19H21Cl2N2O+. The van der Waals surface area contributed by atoms with Crippen molar-refractivity contribution in [2.24, 2.45) is 0 Å². The number of carbonyl (C=O) groups is 1. The molecule has 0 radical (unpaired) electrons. The van der Waals surface area contributed by atoms with Gasteiger partial charge < -0.3 is 10.6 Å². The van der Waals surface area contributed by atoms with Gasteiger partial charge in [0, 0.05) is 22.2 Å². The average Bonchev–Trinajstić information content (AvgIpc) is 3.37. The zero-order valence-corrected chi connectivity index (χ0v) is 15.0. The standard InChI is InChI=1S/C19H20Cl2N2O/c1-12(16-10-7-14(20)11-17(16)21)22-18(13-5-3-2-4-6-13)19(24)23-15-8-9-15/h2-7,10-12,15,18,22H,8-9H2,1H3,(H,23,24)/p+1/t12-,18+/m1/s1. The van der Waals surface area contributed by atoms with Crippen LogP contribution in [0, 0.1) is 0 Å². The number of carbonyl (C=O) groups excluding carboxylic acids is 1. The van der Waals surface area contributed by atoms with Gasteiger partial charge in [-0.3, -0.25) is 4.79 Å². The number of rotatable bonds is 6. The quantitative estimate of drug-likeness (QED) is 0.808. The van der Waals surface area contributed by atoms with Gasteiger partial charge in [0.15, 0.2) is 6.04 Å². The van der Waals surface area contributed by atoms with E-state index in [0.29, 0.717) is 16.1 Å². The van der Waals surface area contributed by atoms with Gasteiger partial charge in [0.2, 0.25) is 0 Å². The third kappa shape index (κ3) is 4.29. The number of halogens is 2. The fourth-order valence-corrected chi connectivity index (χ4v) is 3.37. The molecule has 0 aromatic heterocycles. The maximum Gasteiger partial charge on any atom is 0.283 e. The maximum absolute atomic E-state index is 12.7. The van der Waals surface area contributed by atoms with Crippen LogP contribution in [0.3, 0.4) is 0 Å². The van der Waals surface area contributed by atoms with E-state index in [9.17, 15) is 4.79 Å². The zero-order valence-electron chi connectivity index (χ0n) is 13.5. The van der Waals surface area contributed by atoms with Gasteiger partial charge >= 0.3 is 0 Å². The van der Waals surface area contributed by atoms with Gasteiger partial charge in [-0.05, 0) is 31.9 Å². The van der Waals surface area contributed by atoms with Gasteiger partial charge in [-0.1, -0.05) is 59.6 Å². The Labute approximate surface area is 152 Å². The van der Waals surface area contributed by atoms with Gasteiger partial charge in [-0.15, -0.1) is 0 Å². The van der Waals surface area contributed by atoms with Gasteiger partial charge in [0.25, 0.3) is 5.91 Å². The van der Waals surface area contributed by atoms with Crippen molar-refractivity contribution in [3.63, 3.8) is 0 Å². The summed E-state index contributed by atoms with van der Waals surface area (Å²) in [6.45, 7) is 2.05. The van der Waals surface area contributed by atoms with Crippen LogP contribution in [0.5, 0.6) is 0 Å². The lowest BCUT2D eigenvalue weighted by molar-refractivity contribution is -0.719. The Balaban J connectivity index is 1.81. The average molecular weight is 364 g/mol. The van der Waals surface area contributed by atoms with E-state index in [0.717, 1.165) is 24.0 Å². The zero-order chi connectivity index (χ0) is 17.1. The summed E-state index contributed by atoms with van der Waals surface area (Å²) in [6.07, 6.45) is 2.15. The van der Waals surface area contributed by atoms with Crippen LogP contribution in [0.25, 0.3) is 0 Å². The molecule has 1 aliphatic carbocycles. The van der Waals surface area contributed by atoms with Crippen LogP contribution < -0.4 is 10.6 Å². The summed E-state index contributed by atoms with van der Waals surface area (Å²) in [5, 5.41) is 6.41. The molecule has 3 nitrogen and oxygen atoms in total. The molecule has 1 amide bonds. The second kappa shape index (κ2) is 7.56. The Kier molecular flexibility index (Phi) is 5.44. The number of benzene rings is 2. The van der Waals surface area contributed by atoms with E-state index < -0.39 is 0 Å². The lowest BCUT2D eigenvalue weighted by Crippen LogP contribution is -2.88. The summed E-state index contributed by atoms with van der Waals surface area (Å²) in [6, 6.07) is 15.4. The summed E-state index contributed by atoms with van der Waals surface area (Å²) >= 11 is 12.3. The molecule has 1 aliphatic rings. The molecule has 2 aromatic rings. The topological polar surface area (TPSA) is 45.7 Å². The summed E-state index contributed by atoms with van der Waals surface area (Å²) in [5.74, 6) is 0.0561. The van der Waals surface area contributed by atoms with Crippen LogP contribution in [0.15, 0.2) is 48.5 Å². The molecule has 2 atom stereocenters. The van der Waals surface area contributed by atoms with Crippen LogP contribution >= 0.6 is 23.2 Å². The highest BCUT2D eigenvalue weighted by Crippen LogP contribution is 2.25. The van der Waals surface area contributed by atoms with Crippen molar-refractivity contribution in [3.8, 4) is 0 Å². The van der Waals surface area contributed by atoms with Crippen molar-refractivity contribution < 1.29 is 10.1 Å². The molecule has 0 spiro atoms. The van der Waals surface area contributed by atoms with E-state index in [-0.39, 0.29) is 18.0 Å². The molecule has 1 saturated carbocycles. The minimum atomic E-state index is -0.298. The molecule has 0 heterocycles. The first-order valence-electron chi connectivity index (χ1n) is 8.20. The molecule has 0 saturated heterocycles. The third-order valence-corrected chi connectivity index (χ3v) is 4.86. The number of quaternary nitrogens is 1. The molecule has 2 aromatic carbocycles. The van der Waals surface area contributed by atoms with Gasteiger partial charge in [0.05, 0.1) is 5.02 Å². The van der Waals surface area contributed by atoms with Crippen LogP contribution in [0.1, 0.15) is 43.0 Å². The van der Waals surface area contributed by atoms with Crippen LogP contribution in [-0.4, -0.2) is 11.9 Å². The van der Waals surface area contributed by atoms with Crippen molar-refractivity contribution in [2.75, 3.05) is 0 Å². The molecule has 5 heteroatoms. The monoisotopic (exact) mass is 363 g/mol. The molecule has 3 rings (SSSR count). The second-order valence-corrected chi connectivity index (χ2v) is 7.16. The number of hydrogen-bond acceptors (Lipinski definition) is 1. The van der Waals surface area contributed by atoms with E-state index >= 15 is 0 Å². The Hall–Kier alpha value is -1.55. The highest BCUT2D eigenvalue weighted by atomic mass is 35.5. The Morgan fingerprint density at radius 1 is 1.17 bits per heavy atom. The fourth-order valence-electron chi connectivity index (χ4n) is 2.79. The fraction of sp³-hybridized carbons (Fsp3) is 0.316. The lowest BCUT2D eigenvalue weighted by Gasteiger charge is -2.21. The SMILES string of the molecule is C[C@@H]([NH2+][C@H](C(=O)NC1CC1)c1ccccc1)c1ccc(Cl)cc1Cl. The molecule has 0 aliphatic heterocycles. The van der Waals surface area contributed by atoms with Crippen molar-refractivity contribution in [1.29, 1.82) is 0 Å². The molecule has 1 fully saturated rings. The van der Waals surface area contributed by atoms with Crippen LogP contribution in [0.2, 0.25) is 10.0 Å². The van der Waals surface area contributed by atoms with Crippen molar-refractivity contribution in [3.05, 3.63) is 69.7 Å².